The second-order valence-electron chi connectivity index (χ2n) is 17.0. The first-order chi connectivity index (χ1) is 36.0. The van der Waals surface area contributed by atoms with Crippen molar-refractivity contribution in [3.05, 3.63) is 224 Å². The molecule has 3 aromatic heterocycles. The third-order valence-electron chi connectivity index (χ3n) is 12.0. The van der Waals surface area contributed by atoms with Gasteiger partial charge < -0.3 is 4.74 Å². The van der Waals surface area contributed by atoms with Gasteiger partial charge in [0.05, 0.1) is 47.1 Å². The van der Waals surface area contributed by atoms with Crippen molar-refractivity contribution in [2.24, 2.45) is 0 Å². The Kier molecular flexibility index (Phi) is 7.54. The quantitative estimate of drug-likeness (QED) is 0.107. The number of benzene rings is 8. The molecule has 0 fully saturated rings. The van der Waals surface area contributed by atoms with Crippen LogP contribution >= 0.6 is 0 Å². The lowest BCUT2D eigenvalue weighted by Gasteiger charge is -2.19. The molecule has 0 spiro atoms. The van der Waals surface area contributed by atoms with Gasteiger partial charge in [-0.05, 0) is 93.2 Å². The highest BCUT2D eigenvalue weighted by Gasteiger charge is 2.21. The Balaban J connectivity index is 1.03. The Bertz CT molecular complexity index is 3990. The molecule has 0 unspecified atom stereocenters. The largest absolute Gasteiger partial charge is 0.458 e. The van der Waals surface area contributed by atoms with Gasteiger partial charge in [-0.1, -0.05) is 179 Å². The van der Waals surface area contributed by atoms with Crippen molar-refractivity contribution in [1.29, 1.82) is 0 Å². The lowest BCUT2D eigenvalue weighted by molar-refractivity contribution is -0.571. The maximum absolute atomic E-state index is 9.03. The fourth-order valence-electron chi connectivity index (χ4n) is 8.77. The van der Waals surface area contributed by atoms with Gasteiger partial charge in [-0.2, -0.15) is 0 Å². The standard InChI is InChI=1S/C60H48N4O/c1-5-41-36-58(61-39-53(41)44-30-32-45(33-31-44)60(2,3)4)64-54-27-13-12-24-51(54)52-35-34-48(38-57(52)64)65-47-23-16-22-46(37-47)62-40-63(56-29-15-14-28-55(56)62)59-49(42-18-8-6-9-19-42)25-17-26-50(59)43-20-10-7-11-21-43/h6-39H,5H2,1-4H3/i6D,7D,8D,9D,10D,11D,18D,19D,20D,21D. The van der Waals surface area contributed by atoms with Crippen molar-refractivity contribution in [3.63, 3.8) is 0 Å². The summed E-state index contributed by atoms with van der Waals surface area (Å²) in [6.45, 7) is 8.81. The van der Waals surface area contributed by atoms with Gasteiger partial charge in [-0.3, -0.25) is 13.7 Å². The molecule has 65 heavy (non-hydrogen) atoms. The summed E-state index contributed by atoms with van der Waals surface area (Å²) in [7, 11) is 0. The normalized spacial score (nSPS) is 13.9. The van der Waals surface area contributed by atoms with Crippen molar-refractivity contribution in [2.75, 3.05) is 0 Å². The van der Waals surface area contributed by atoms with E-state index in [0.29, 0.717) is 28.2 Å². The second-order valence-corrected chi connectivity index (χ2v) is 17.0. The Labute approximate surface area is 394 Å². The van der Waals surface area contributed by atoms with Crippen molar-refractivity contribution in [3.8, 4) is 62.1 Å². The molecule has 0 amide bonds. The van der Waals surface area contributed by atoms with E-state index < -0.39 is 60.4 Å². The molecule has 11 aromatic rings. The first kappa shape index (κ1) is 30.1. The van der Waals surface area contributed by atoms with Crippen LogP contribution in [0.1, 0.15) is 52.5 Å². The summed E-state index contributed by atoms with van der Waals surface area (Å²) in [6, 6.07) is 39.7. The van der Waals surface area contributed by atoms with Crippen LogP contribution in [0.4, 0.5) is 0 Å². The molecular weight excluding hydrogens is 793 g/mol. The number of ether oxygens (including phenoxy) is 1. The summed E-state index contributed by atoms with van der Waals surface area (Å²) in [6.07, 6.45) is 6.24. The average molecular weight is 851 g/mol. The Hall–Kier alpha value is -8.02. The molecule has 5 nitrogen and oxygen atoms in total. The molecule has 3 heterocycles. The van der Waals surface area contributed by atoms with Crippen LogP contribution in [0.25, 0.3) is 83.4 Å². The molecule has 0 bridgehead atoms. The van der Waals surface area contributed by atoms with Crippen LogP contribution in [0.2, 0.25) is 0 Å². The van der Waals surface area contributed by atoms with E-state index in [4.69, 9.17) is 23.4 Å². The number of aromatic nitrogens is 4. The Morgan fingerprint density at radius 1 is 0.600 bits per heavy atom. The van der Waals surface area contributed by atoms with E-state index in [9.17, 15) is 0 Å². The van der Waals surface area contributed by atoms with Crippen LogP contribution in [-0.2, 0) is 11.8 Å². The lowest BCUT2D eigenvalue weighted by atomic mass is 9.86. The maximum Gasteiger partial charge on any atom is 0.269 e. The highest BCUT2D eigenvalue weighted by Crippen LogP contribution is 2.38. The molecule has 0 N–H and O–H groups in total. The minimum Gasteiger partial charge on any atom is -0.458 e. The SMILES string of the molecule is [2H]c1c([2H])c([2H])c(-c2cccc(-c3c([2H])c([2H])c([2H])c([2H])c3[2H])c2-[n+]2[c-]n(-c3cccc(Oc4ccc5c6ccccc6n(-c6cc(CC)c(-c7ccc(C(C)(C)C)cc7)cn6)c5c4)c3)c3ccccc32)c([2H])c1[2H]. The molecule has 314 valence electrons. The highest BCUT2D eigenvalue weighted by atomic mass is 16.5. The molecule has 0 atom stereocenters. The van der Waals surface area contributed by atoms with Gasteiger partial charge in [0.15, 0.2) is 0 Å². The smallest absolute Gasteiger partial charge is 0.269 e. The Morgan fingerprint density at radius 3 is 1.95 bits per heavy atom. The number of para-hydroxylation sites is 4. The maximum atomic E-state index is 9.03. The number of aryl methyl sites for hydroxylation is 1. The second kappa shape index (κ2) is 16.3. The predicted molar refractivity (Wildman–Crippen MR) is 267 cm³/mol. The Morgan fingerprint density at radius 2 is 1.25 bits per heavy atom. The van der Waals surface area contributed by atoms with E-state index in [2.05, 4.69) is 87.1 Å². The summed E-state index contributed by atoms with van der Waals surface area (Å²) < 4.78 is 99.5. The summed E-state index contributed by atoms with van der Waals surface area (Å²) in [5.41, 5.74) is 8.72. The van der Waals surface area contributed by atoms with Gasteiger partial charge in [0.1, 0.15) is 17.3 Å². The zero-order chi connectivity index (χ0) is 52.8. The number of hydrogen-bond acceptors (Lipinski definition) is 2. The van der Waals surface area contributed by atoms with Crippen LogP contribution < -0.4 is 9.30 Å². The molecule has 5 heteroatoms. The van der Waals surface area contributed by atoms with E-state index in [1.807, 2.05) is 79.0 Å². The fourth-order valence-corrected chi connectivity index (χ4v) is 8.77. The highest BCUT2D eigenvalue weighted by molar-refractivity contribution is 6.09. The van der Waals surface area contributed by atoms with Gasteiger partial charge in [-0.25, -0.2) is 4.98 Å². The number of pyridine rings is 1. The van der Waals surface area contributed by atoms with Crippen molar-refractivity contribution < 1.29 is 23.0 Å². The summed E-state index contributed by atoms with van der Waals surface area (Å²) in [5, 5.41) is 2.12. The van der Waals surface area contributed by atoms with Crippen LogP contribution in [0.15, 0.2) is 206 Å². The van der Waals surface area contributed by atoms with Crippen LogP contribution in [0.3, 0.4) is 0 Å². The topological polar surface area (TPSA) is 35.9 Å². The fraction of sp³-hybridized carbons (Fsp3) is 0.100. The van der Waals surface area contributed by atoms with E-state index >= 15 is 0 Å². The molecule has 0 aliphatic heterocycles. The monoisotopic (exact) mass is 850 g/mol. The number of rotatable bonds is 9. The minimum absolute atomic E-state index is 0.0456. The van der Waals surface area contributed by atoms with Crippen molar-refractivity contribution in [2.45, 2.75) is 39.5 Å². The average Bonchev–Trinajstić information content (AvgIpc) is 3.98. The van der Waals surface area contributed by atoms with Gasteiger partial charge in [-0.15, -0.1) is 0 Å². The molecule has 8 aromatic carbocycles. The van der Waals surface area contributed by atoms with Gasteiger partial charge in [0.25, 0.3) is 6.33 Å². The van der Waals surface area contributed by atoms with Crippen LogP contribution in [-0.4, -0.2) is 14.1 Å². The molecule has 0 radical (unpaired) electrons. The van der Waals surface area contributed by atoms with E-state index in [0.717, 1.165) is 45.2 Å². The predicted octanol–water partition coefficient (Wildman–Crippen LogP) is 14.9. The molecule has 0 saturated heterocycles. The molecule has 0 aliphatic rings. The number of fused-ring (bicyclic) bond motifs is 4. The molecular formula is C60H48N4O. The van der Waals surface area contributed by atoms with Crippen molar-refractivity contribution >= 4 is 32.8 Å². The lowest BCUT2D eigenvalue weighted by Crippen LogP contribution is -2.31. The third-order valence-corrected chi connectivity index (χ3v) is 12.0. The molecule has 11 rings (SSSR count). The van der Waals surface area contributed by atoms with E-state index in [-0.39, 0.29) is 33.4 Å². The first-order valence-electron chi connectivity index (χ1n) is 26.6. The van der Waals surface area contributed by atoms with Crippen LogP contribution in [0, 0.1) is 6.33 Å². The van der Waals surface area contributed by atoms with Crippen LogP contribution in [0.5, 0.6) is 11.5 Å². The number of imidazole rings is 1. The zero-order valence-electron chi connectivity index (χ0n) is 46.3. The number of hydrogen-bond donors (Lipinski definition) is 0. The zero-order valence-corrected chi connectivity index (χ0v) is 36.3. The van der Waals surface area contributed by atoms with E-state index in [1.54, 1.807) is 27.3 Å². The molecule has 0 aliphatic carbocycles. The van der Waals surface area contributed by atoms with Gasteiger partial charge >= 0.3 is 0 Å². The minimum atomic E-state index is -0.566. The summed E-state index contributed by atoms with van der Waals surface area (Å²) in [4.78, 5) is 5.10. The summed E-state index contributed by atoms with van der Waals surface area (Å²) >= 11 is 0. The van der Waals surface area contributed by atoms with Gasteiger partial charge in [0.2, 0.25) is 0 Å². The van der Waals surface area contributed by atoms with Gasteiger partial charge in [0, 0.05) is 28.6 Å². The van der Waals surface area contributed by atoms with Crippen molar-refractivity contribution in [1.82, 2.24) is 14.1 Å². The summed E-state index contributed by atoms with van der Waals surface area (Å²) in [5.74, 6) is 1.89. The molecule has 0 saturated carbocycles. The first-order valence-corrected chi connectivity index (χ1v) is 21.6. The van der Waals surface area contributed by atoms with E-state index in [1.165, 1.54) is 11.1 Å². The third kappa shape index (κ3) is 7.25. The number of nitrogens with zero attached hydrogens (tertiary/aromatic N) is 4.